The van der Waals surface area contributed by atoms with Crippen LogP contribution in [0.1, 0.15) is 31.9 Å². The number of benzene rings is 1. The molecule has 3 rings (SSSR count). The number of hydrogen-bond donors (Lipinski definition) is 1. The van der Waals surface area contributed by atoms with E-state index in [-0.39, 0.29) is 18.1 Å². The highest BCUT2D eigenvalue weighted by Crippen LogP contribution is 2.19. The lowest BCUT2D eigenvalue weighted by atomic mass is 10.2. The fourth-order valence-electron chi connectivity index (χ4n) is 2.58. The third kappa shape index (κ3) is 5.08. The standard InChI is InChI=1S/C20H20ClN3O3/c1-2-3-7-19(25)23-15-5-4-6-17(10-15)27-13-16-11-20(26)24-12-14(21)8-9-18(24)22-16/h4-6,8-12H,2-3,7,13H2,1H3,(H,23,25). The first-order valence-corrected chi connectivity index (χ1v) is 9.13. The van der Waals surface area contributed by atoms with E-state index in [1.54, 1.807) is 36.4 Å². The van der Waals surface area contributed by atoms with Gasteiger partial charge in [-0.2, -0.15) is 0 Å². The van der Waals surface area contributed by atoms with Gasteiger partial charge < -0.3 is 10.1 Å². The average molecular weight is 386 g/mol. The molecule has 1 N–H and O–H groups in total. The van der Waals surface area contributed by atoms with E-state index >= 15 is 0 Å². The fraction of sp³-hybridized carbons (Fsp3) is 0.250. The van der Waals surface area contributed by atoms with Gasteiger partial charge in [0.2, 0.25) is 5.91 Å². The molecule has 7 heteroatoms. The maximum absolute atomic E-state index is 12.2. The molecule has 0 aliphatic carbocycles. The summed E-state index contributed by atoms with van der Waals surface area (Å²) in [5.41, 5.74) is 1.47. The number of nitrogens with zero attached hydrogens (tertiary/aromatic N) is 2. The number of rotatable bonds is 7. The lowest BCUT2D eigenvalue weighted by Gasteiger charge is -2.09. The topological polar surface area (TPSA) is 72.7 Å². The second kappa shape index (κ2) is 8.68. The molecule has 0 spiro atoms. The molecule has 0 unspecified atom stereocenters. The summed E-state index contributed by atoms with van der Waals surface area (Å²) in [5, 5.41) is 3.32. The molecule has 0 bridgehead atoms. The molecule has 0 fully saturated rings. The van der Waals surface area contributed by atoms with E-state index in [1.165, 1.54) is 16.7 Å². The molecule has 0 aliphatic rings. The maximum atomic E-state index is 12.2. The molecule has 0 saturated heterocycles. The molecule has 1 aromatic carbocycles. The lowest BCUT2D eigenvalue weighted by Crippen LogP contribution is -2.16. The van der Waals surface area contributed by atoms with Crippen LogP contribution in [-0.4, -0.2) is 15.3 Å². The summed E-state index contributed by atoms with van der Waals surface area (Å²) >= 11 is 5.91. The van der Waals surface area contributed by atoms with E-state index in [2.05, 4.69) is 10.3 Å². The number of nitrogens with one attached hydrogen (secondary N) is 1. The summed E-state index contributed by atoms with van der Waals surface area (Å²) in [6.07, 6.45) is 3.86. The van der Waals surface area contributed by atoms with Gasteiger partial charge >= 0.3 is 0 Å². The third-order valence-corrected chi connectivity index (χ3v) is 4.16. The van der Waals surface area contributed by atoms with Crippen LogP contribution in [0.5, 0.6) is 5.75 Å². The summed E-state index contributed by atoms with van der Waals surface area (Å²) < 4.78 is 7.12. The fourth-order valence-corrected chi connectivity index (χ4v) is 2.74. The highest BCUT2D eigenvalue weighted by Gasteiger charge is 2.06. The Balaban J connectivity index is 1.69. The van der Waals surface area contributed by atoms with Crippen molar-refractivity contribution in [2.45, 2.75) is 32.8 Å². The monoisotopic (exact) mass is 385 g/mol. The normalized spacial score (nSPS) is 10.7. The number of pyridine rings is 1. The van der Waals surface area contributed by atoms with E-state index in [1.807, 2.05) is 6.92 Å². The summed E-state index contributed by atoms with van der Waals surface area (Å²) in [5.74, 6) is 0.568. The predicted molar refractivity (Wildman–Crippen MR) is 105 cm³/mol. The van der Waals surface area contributed by atoms with E-state index in [4.69, 9.17) is 16.3 Å². The van der Waals surface area contributed by atoms with E-state index in [0.717, 1.165) is 12.8 Å². The highest BCUT2D eigenvalue weighted by atomic mass is 35.5. The van der Waals surface area contributed by atoms with Crippen molar-refractivity contribution in [3.8, 4) is 5.75 Å². The van der Waals surface area contributed by atoms with Crippen molar-refractivity contribution in [2.75, 3.05) is 5.32 Å². The Morgan fingerprint density at radius 2 is 2.11 bits per heavy atom. The Bertz CT molecular complexity index is 1020. The maximum Gasteiger partial charge on any atom is 0.258 e. The number of ether oxygens (including phenoxy) is 1. The van der Waals surface area contributed by atoms with Crippen LogP contribution in [0, 0.1) is 0 Å². The second-order valence-corrected chi connectivity index (χ2v) is 6.57. The molecule has 3 aromatic rings. The minimum Gasteiger partial charge on any atom is -0.487 e. The van der Waals surface area contributed by atoms with Crippen molar-refractivity contribution in [2.24, 2.45) is 0 Å². The molecule has 2 aromatic heterocycles. The van der Waals surface area contributed by atoms with Gasteiger partial charge in [-0.25, -0.2) is 4.98 Å². The Morgan fingerprint density at radius 3 is 2.93 bits per heavy atom. The van der Waals surface area contributed by atoms with Crippen molar-refractivity contribution in [1.82, 2.24) is 9.38 Å². The van der Waals surface area contributed by atoms with E-state index < -0.39 is 0 Å². The first kappa shape index (κ1) is 18.9. The summed E-state index contributed by atoms with van der Waals surface area (Å²) in [6.45, 7) is 2.19. The van der Waals surface area contributed by atoms with Crippen LogP contribution in [-0.2, 0) is 11.4 Å². The van der Waals surface area contributed by atoms with Crippen LogP contribution in [0.4, 0.5) is 5.69 Å². The number of hydrogen-bond acceptors (Lipinski definition) is 4. The molecule has 0 atom stereocenters. The summed E-state index contributed by atoms with van der Waals surface area (Å²) in [7, 11) is 0. The van der Waals surface area contributed by atoms with Gasteiger partial charge in [0.25, 0.3) is 5.56 Å². The Kier molecular flexibility index (Phi) is 6.08. The average Bonchev–Trinajstić information content (AvgIpc) is 2.65. The summed E-state index contributed by atoms with van der Waals surface area (Å²) in [6, 6.07) is 11.9. The zero-order valence-corrected chi connectivity index (χ0v) is 15.7. The van der Waals surface area contributed by atoms with Crippen molar-refractivity contribution in [3.63, 3.8) is 0 Å². The van der Waals surface area contributed by atoms with Gasteiger partial charge in [-0.3, -0.25) is 14.0 Å². The smallest absolute Gasteiger partial charge is 0.258 e. The van der Waals surface area contributed by atoms with Crippen LogP contribution in [0.15, 0.2) is 53.5 Å². The van der Waals surface area contributed by atoms with Gasteiger partial charge in [-0.15, -0.1) is 0 Å². The molecule has 0 aliphatic heterocycles. The minimum absolute atomic E-state index is 0.0168. The van der Waals surface area contributed by atoms with E-state index in [9.17, 15) is 9.59 Å². The van der Waals surface area contributed by atoms with Gasteiger partial charge in [0.05, 0.1) is 10.7 Å². The van der Waals surface area contributed by atoms with Crippen LogP contribution in [0.2, 0.25) is 5.02 Å². The van der Waals surface area contributed by atoms with Crippen LogP contribution in [0.3, 0.4) is 0 Å². The molecular weight excluding hydrogens is 366 g/mol. The Morgan fingerprint density at radius 1 is 1.26 bits per heavy atom. The van der Waals surface area contributed by atoms with Gasteiger partial charge in [0.1, 0.15) is 18.0 Å². The number of anilines is 1. The van der Waals surface area contributed by atoms with Gasteiger partial charge in [-0.1, -0.05) is 31.0 Å². The van der Waals surface area contributed by atoms with Crippen molar-refractivity contribution in [1.29, 1.82) is 0 Å². The summed E-state index contributed by atoms with van der Waals surface area (Å²) in [4.78, 5) is 28.4. The molecule has 0 radical (unpaired) electrons. The van der Waals surface area contributed by atoms with Crippen LogP contribution in [0.25, 0.3) is 5.65 Å². The predicted octanol–water partition coefficient (Wildman–Crippen LogP) is 4.06. The largest absolute Gasteiger partial charge is 0.487 e. The van der Waals surface area contributed by atoms with Crippen LogP contribution < -0.4 is 15.6 Å². The number of carbonyl (C=O) groups is 1. The molecule has 140 valence electrons. The molecule has 2 heterocycles. The Hall–Kier alpha value is -2.86. The molecule has 6 nitrogen and oxygen atoms in total. The minimum atomic E-state index is -0.224. The lowest BCUT2D eigenvalue weighted by molar-refractivity contribution is -0.116. The molecule has 27 heavy (non-hydrogen) atoms. The molecule has 1 amide bonds. The number of fused-ring (bicyclic) bond motifs is 1. The van der Waals surface area contributed by atoms with Gasteiger partial charge in [-0.05, 0) is 30.7 Å². The van der Waals surface area contributed by atoms with Gasteiger partial charge in [0.15, 0.2) is 0 Å². The van der Waals surface area contributed by atoms with Gasteiger partial charge in [0, 0.05) is 30.4 Å². The first-order valence-electron chi connectivity index (χ1n) is 8.75. The molecular formula is C20H20ClN3O3. The van der Waals surface area contributed by atoms with Crippen molar-refractivity contribution in [3.05, 3.63) is 69.7 Å². The third-order valence-electron chi connectivity index (χ3n) is 3.94. The molecule has 0 saturated carbocycles. The van der Waals surface area contributed by atoms with Crippen molar-refractivity contribution >= 4 is 28.8 Å². The van der Waals surface area contributed by atoms with Crippen molar-refractivity contribution < 1.29 is 9.53 Å². The zero-order chi connectivity index (χ0) is 19.2. The number of amides is 1. The Labute approximate surface area is 161 Å². The van der Waals surface area contributed by atoms with Crippen LogP contribution >= 0.6 is 11.6 Å². The quantitative estimate of drug-likeness (QED) is 0.665. The number of halogens is 1. The SMILES string of the molecule is CCCCC(=O)Nc1cccc(OCc2cc(=O)n3cc(Cl)ccc3n2)c1. The highest BCUT2D eigenvalue weighted by molar-refractivity contribution is 6.30. The zero-order valence-electron chi connectivity index (χ0n) is 14.9. The number of carbonyl (C=O) groups excluding carboxylic acids is 1. The number of unbranched alkanes of at least 4 members (excludes halogenated alkanes) is 1. The second-order valence-electron chi connectivity index (χ2n) is 6.13. The van der Waals surface area contributed by atoms with E-state index in [0.29, 0.717) is 34.2 Å². The number of aromatic nitrogens is 2. The first-order chi connectivity index (χ1) is 13.0.